The second-order valence-corrected chi connectivity index (χ2v) is 7.59. The van der Waals surface area contributed by atoms with E-state index in [0.29, 0.717) is 12.0 Å². The van der Waals surface area contributed by atoms with Crippen molar-refractivity contribution in [2.45, 2.75) is 30.0 Å². The fraction of sp³-hybridized carbons (Fsp3) is 0.412. The van der Waals surface area contributed by atoms with Crippen LogP contribution in [0.5, 0.6) is 0 Å². The van der Waals surface area contributed by atoms with E-state index in [-0.39, 0.29) is 18.5 Å². The molecule has 1 heterocycles. The molecule has 0 unspecified atom stereocenters. The second-order valence-electron chi connectivity index (χ2n) is 6.04. The molecule has 2 aliphatic rings. The first-order chi connectivity index (χ1) is 10.6. The van der Waals surface area contributed by atoms with Crippen molar-refractivity contribution in [1.29, 1.82) is 0 Å². The lowest BCUT2D eigenvalue weighted by molar-refractivity contribution is 0.0486. The minimum absolute atomic E-state index is 0.0425. The Labute approximate surface area is 138 Å². The van der Waals surface area contributed by atoms with Crippen molar-refractivity contribution in [3.8, 4) is 0 Å². The number of aryl methyl sites for hydroxylation is 1. The van der Waals surface area contributed by atoms with Crippen LogP contribution in [-0.4, -0.2) is 21.9 Å². The molecule has 0 spiro atoms. The maximum absolute atomic E-state index is 12.6. The summed E-state index contributed by atoms with van der Waals surface area (Å²) in [5, 5.41) is 0.868. The second kappa shape index (κ2) is 5.10. The van der Waals surface area contributed by atoms with Crippen LogP contribution in [0.1, 0.15) is 34.5 Å². The number of aromatic nitrogens is 1. The van der Waals surface area contributed by atoms with E-state index in [1.165, 1.54) is 0 Å². The van der Waals surface area contributed by atoms with Crippen molar-refractivity contribution in [1.82, 2.24) is 4.98 Å². The Morgan fingerprint density at radius 3 is 2.86 bits per heavy atom. The smallest absolute Gasteiger partial charge is 0.339 e. The van der Waals surface area contributed by atoms with Gasteiger partial charge in [-0.15, -0.1) is 23.2 Å². The van der Waals surface area contributed by atoms with Crippen molar-refractivity contribution in [2.75, 3.05) is 6.61 Å². The topological polar surface area (TPSA) is 39.2 Å². The van der Waals surface area contributed by atoms with Crippen molar-refractivity contribution in [2.24, 2.45) is 5.92 Å². The number of benzene rings is 1. The molecule has 22 heavy (non-hydrogen) atoms. The van der Waals surface area contributed by atoms with Gasteiger partial charge in [0.25, 0.3) is 0 Å². The highest BCUT2D eigenvalue weighted by Gasteiger charge is 2.52. The molecule has 114 valence electrons. The van der Waals surface area contributed by atoms with Gasteiger partial charge in [-0.25, -0.2) is 4.79 Å². The van der Waals surface area contributed by atoms with E-state index < -0.39 is 4.33 Å². The third-order valence-electron chi connectivity index (χ3n) is 4.49. The van der Waals surface area contributed by atoms with E-state index in [4.69, 9.17) is 27.9 Å². The molecule has 2 aromatic rings. The summed E-state index contributed by atoms with van der Waals surface area (Å²) in [5.74, 6) is -0.242. The summed E-state index contributed by atoms with van der Waals surface area (Å²) in [7, 11) is 0. The monoisotopic (exact) mass is 335 g/mol. The van der Waals surface area contributed by atoms with Gasteiger partial charge in [0, 0.05) is 17.0 Å². The molecule has 1 fully saturated rings. The Bertz CT molecular complexity index is 773. The maximum atomic E-state index is 12.6. The number of nitrogens with zero attached hydrogens (tertiary/aromatic N) is 1. The quantitative estimate of drug-likeness (QED) is 0.626. The predicted molar refractivity (Wildman–Crippen MR) is 86.6 cm³/mol. The summed E-state index contributed by atoms with van der Waals surface area (Å²) in [6, 6.07) is 7.73. The van der Waals surface area contributed by atoms with Gasteiger partial charge in [0.05, 0.1) is 17.7 Å². The van der Waals surface area contributed by atoms with Crippen molar-refractivity contribution >= 4 is 40.1 Å². The molecule has 1 atom stereocenters. The molecule has 0 saturated heterocycles. The number of hydrogen-bond acceptors (Lipinski definition) is 3. The van der Waals surface area contributed by atoms with Crippen LogP contribution in [-0.2, 0) is 17.6 Å². The summed E-state index contributed by atoms with van der Waals surface area (Å²) in [6.07, 6.45) is 3.53. The number of hydrogen-bond donors (Lipinski definition) is 0. The summed E-state index contributed by atoms with van der Waals surface area (Å²) in [5.41, 5.74) is 3.60. The number of rotatable bonds is 3. The summed E-state index contributed by atoms with van der Waals surface area (Å²) in [6.45, 7) is 0.275. The Morgan fingerprint density at radius 2 is 2.09 bits per heavy atom. The van der Waals surface area contributed by atoms with Crippen molar-refractivity contribution in [3.05, 3.63) is 41.1 Å². The van der Waals surface area contributed by atoms with Gasteiger partial charge >= 0.3 is 5.97 Å². The zero-order chi connectivity index (χ0) is 15.3. The molecule has 0 amide bonds. The summed E-state index contributed by atoms with van der Waals surface area (Å²) < 4.78 is 4.77. The van der Waals surface area contributed by atoms with Crippen LogP contribution in [0.15, 0.2) is 24.3 Å². The number of alkyl halides is 2. The van der Waals surface area contributed by atoms with E-state index in [2.05, 4.69) is 4.98 Å². The number of ether oxygens (including phenoxy) is 1. The minimum Gasteiger partial charge on any atom is -0.462 e. The SMILES string of the molecule is O=C(OC[C@H]1CC1(Cl)Cl)c1c2c(nc3ccccc13)CCC2. The first-order valence-corrected chi connectivity index (χ1v) is 8.27. The van der Waals surface area contributed by atoms with E-state index in [9.17, 15) is 4.79 Å². The lowest BCUT2D eigenvalue weighted by atomic mass is 10.0. The summed E-state index contributed by atoms with van der Waals surface area (Å²) in [4.78, 5) is 17.3. The third kappa shape index (κ3) is 2.37. The number of pyridine rings is 1. The maximum Gasteiger partial charge on any atom is 0.339 e. The van der Waals surface area contributed by atoms with Gasteiger partial charge in [-0.3, -0.25) is 4.98 Å². The predicted octanol–water partition coefficient (Wildman–Crippen LogP) is 4.07. The Hall–Kier alpha value is -1.32. The molecule has 1 saturated carbocycles. The van der Waals surface area contributed by atoms with E-state index >= 15 is 0 Å². The van der Waals surface area contributed by atoms with Crippen LogP contribution in [0, 0.1) is 5.92 Å². The normalized spacial score (nSPS) is 21.6. The van der Waals surface area contributed by atoms with Crippen molar-refractivity contribution in [3.63, 3.8) is 0 Å². The average Bonchev–Trinajstić information content (AvgIpc) is 2.89. The Morgan fingerprint density at radius 1 is 1.32 bits per heavy atom. The minimum atomic E-state index is -0.720. The van der Waals surface area contributed by atoms with E-state index in [1.807, 2.05) is 24.3 Å². The average molecular weight is 336 g/mol. The fourth-order valence-electron chi connectivity index (χ4n) is 3.14. The van der Waals surface area contributed by atoms with Crippen LogP contribution in [0.25, 0.3) is 10.9 Å². The van der Waals surface area contributed by atoms with Gasteiger partial charge in [0.15, 0.2) is 0 Å². The molecule has 3 nitrogen and oxygen atoms in total. The lowest BCUT2D eigenvalue weighted by Crippen LogP contribution is -2.13. The standard InChI is InChI=1S/C17H15Cl2NO2/c18-17(19)8-10(17)9-22-16(21)15-11-4-1-2-6-13(11)20-14-7-3-5-12(14)15/h1-2,4,6,10H,3,5,7-9H2/t10-/m1/s1. The number of para-hydroxylation sites is 1. The Kier molecular flexibility index (Phi) is 3.31. The molecule has 5 heteroatoms. The number of carbonyl (C=O) groups excluding carboxylic acids is 1. The molecule has 2 aliphatic carbocycles. The molecule has 4 rings (SSSR count). The number of fused-ring (bicyclic) bond motifs is 2. The molecule has 1 aromatic heterocycles. The number of esters is 1. The lowest BCUT2D eigenvalue weighted by Gasteiger charge is -2.12. The zero-order valence-electron chi connectivity index (χ0n) is 11.9. The van der Waals surface area contributed by atoms with Gasteiger partial charge in [0.2, 0.25) is 0 Å². The van der Waals surface area contributed by atoms with Crippen molar-refractivity contribution < 1.29 is 9.53 Å². The van der Waals surface area contributed by atoms with Crippen LogP contribution in [0.3, 0.4) is 0 Å². The molecule has 0 aliphatic heterocycles. The largest absolute Gasteiger partial charge is 0.462 e. The van der Waals surface area contributed by atoms with Gasteiger partial charge in [-0.1, -0.05) is 18.2 Å². The third-order valence-corrected chi connectivity index (χ3v) is 5.42. The van der Waals surface area contributed by atoms with E-state index in [0.717, 1.165) is 41.4 Å². The van der Waals surface area contributed by atoms with Crippen LogP contribution in [0.2, 0.25) is 0 Å². The zero-order valence-corrected chi connectivity index (χ0v) is 13.5. The molecular formula is C17H15Cl2NO2. The van der Waals surface area contributed by atoms with Gasteiger partial charge < -0.3 is 4.74 Å². The van der Waals surface area contributed by atoms with Gasteiger partial charge in [0.1, 0.15) is 4.33 Å². The number of halogens is 2. The van der Waals surface area contributed by atoms with E-state index in [1.54, 1.807) is 0 Å². The fourth-order valence-corrected chi connectivity index (χ4v) is 3.64. The molecule has 0 N–H and O–H groups in total. The van der Waals surface area contributed by atoms with Gasteiger partial charge in [-0.05, 0) is 37.3 Å². The summed E-state index contributed by atoms with van der Waals surface area (Å²) >= 11 is 12.0. The first kappa shape index (κ1) is 14.3. The van der Waals surface area contributed by atoms with Crippen LogP contribution in [0.4, 0.5) is 0 Å². The first-order valence-electron chi connectivity index (χ1n) is 7.52. The molecule has 1 aromatic carbocycles. The molecule has 0 bridgehead atoms. The highest BCUT2D eigenvalue weighted by Crippen LogP contribution is 2.53. The van der Waals surface area contributed by atoms with Gasteiger partial charge in [-0.2, -0.15) is 0 Å². The molecular weight excluding hydrogens is 321 g/mol. The van der Waals surface area contributed by atoms with Crippen LogP contribution < -0.4 is 0 Å². The highest BCUT2D eigenvalue weighted by atomic mass is 35.5. The molecule has 0 radical (unpaired) electrons. The number of carbonyl (C=O) groups is 1. The highest BCUT2D eigenvalue weighted by molar-refractivity contribution is 6.50. The van der Waals surface area contributed by atoms with Crippen LogP contribution >= 0.6 is 23.2 Å². The Balaban J connectivity index is 1.69.